The first kappa shape index (κ1) is 27.9. The molecule has 1 nitrogen and oxygen atoms in total. The van der Waals surface area contributed by atoms with E-state index in [1.165, 1.54) is 38.6 Å². The highest BCUT2D eigenvalue weighted by Crippen LogP contribution is 2.34. The Bertz CT molecular complexity index is 856. The summed E-state index contributed by atoms with van der Waals surface area (Å²) >= 11 is 0. The van der Waals surface area contributed by atoms with Gasteiger partial charge in [-0.3, -0.25) is 0 Å². The topological polar surface area (TPSA) is 12.0 Å². The van der Waals surface area contributed by atoms with Crippen molar-refractivity contribution in [1.29, 1.82) is 0 Å². The normalized spacial score (nSPS) is 11.8. The second-order valence-electron chi connectivity index (χ2n) is 7.23. The van der Waals surface area contributed by atoms with Crippen molar-refractivity contribution in [3.05, 3.63) is 58.7 Å². The van der Waals surface area contributed by atoms with Crippen LogP contribution in [-0.4, -0.2) is 13.1 Å². The van der Waals surface area contributed by atoms with Crippen LogP contribution in [0.25, 0.3) is 11.1 Å². The molecular formula is C23H27F8N. The zero-order valence-electron chi connectivity index (χ0n) is 18.2. The van der Waals surface area contributed by atoms with Crippen molar-refractivity contribution in [3.63, 3.8) is 0 Å². The minimum Gasteiger partial charge on any atom is -0.317 e. The monoisotopic (exact) mass is 469 g/mol. The fraction of sp³-hybridized carbons (Fsp3) is 0.478. The first-order chi connectivity index (χ1) is 15.1. The number of unbranched alkanes of at least 4 members (excludes halogenated alkanes) is 1. The maximum Gasteiger partial charge on any atom is 0.200 e. The molecule has 1 unspecified atom stereocenters. The van der Waals surface area contributed by atoms with E-state index in [4.69, 9.17) is 0 Å². The first-order valence-corrected chi connectivity index (χ1v) is 10.5. The summed E-state index contributed by atoms with van der Waals surface area (Å²) in [5, 5.41) is 3.39. The summed E-state index contributed by atoms with van der Waals surface area (Å²) in [6, 6.07) is 0.665. The molecule has 0 saturated heterocycles. The Balaban J connectivity index is 0.000000368. The maximum atomic E-state index is 13.4. The smallest absolute Gasteiger partial charge is 0.200 e. The van der Waals surface area contributed by atoms with Gasteiger partial charge in [0.15, 0.2) is 40.7 Å². The fourth-order valence-electron chi connectivity index (χ4n) is 3.09. The molecule has 0 saturated carbocycles. The average molecular weight is 469 g/mol. The molecule has 0 spiro atoms. The average Bonchev–Trinajstić information content (AvgIpc) is 2.79. The molecule has 9 heteroatoms. The van der Waals surface area contributed by atoms with Crippen LogP contribution in [0.1, 0.15) is 52.9 Å². The van der Waals surface area contributed by atoms with Gasteiger partial charge in [-0.2, -0.15) is 0 Å². The Morgan fingerprint density at radius 1 is 0.688 bits per heavy atom. The lowest BCUT2D eigenvalue weighted by atomic mass is 9.96. The van der Waals surface area contributed by atoms with E-state index in [-0.39, 0.29) is 0 Å². The predicted octanol–water partition coefficient (Wildman–Crippen LogP) is 7.67. The van der Waals surface area contributed by atoms with E-state index >= 15 is 0 Å². The van der Waals surface area contributed by atoms with Crippen molar-refractivity contribution >= 4 is 0 Å². The van der Waals surface area contributed by atoms with Gasteiger partial charge in [0.25, 0.3) is 0 Å². The Morgan fingerprint density at radius 2 is 1.25 bits per heavy atom. The summed E-state index contributed by atoms with van der Waals surface area (Å²) in [7, 11) is 0. The van der Waals surface area contributed by atoms with Gasteiger partial charge >= 0.3 is 0 Å². The van der Waals surface area contributed by atoms with Crippen LogP contribution in [0.15, 0.2) is 12.1 Å². The number of hydrogen-bond donors (Lipinski definition) is 1. The lowest BCUT2D eigenvalue weighted by molar-refractivity contribution is 0.380. The van der Waals surface area contributed by atoms with Crippen LogP contribution in [-0.2, 0) is 0 Å². The number of hydrogen-bond acceptors (Lipinski definition) is 1. The van der Waals surface area contributed by atoms with Crippen LogP contribution in [0.2, 0.25) is 0 Å². The van der Waals surface area contributed by atoms with Crippen molar-refractivity contribution in [2.75, 3.05) is 13.1 Å². The molecule has 1 N–H and O–H groups in total. The van der Waals surface area contributed by atoms with E-state index in [1.54, 1.807) is 0 Å². The largest absolute Gasteiger partial charge is 0.317 e. The van der Waals surface area contributed by atoms with Crippen molar-refractivity contribution < 1.29 is 35.1 Å². The Labute approximate surface area is 182 Å². The van der Waals surface area contributed by atoms with Crippen molar-refractivity contribution in [3.8, 4) is 11.1 Å². The van der Waals surface area contributed by atoms with Gasteiger partial charge < -0.3 is 5.32 Å². The molecule has 1 atom stereocenters. The third kappa shape index (κ3) is 6.92. The standard InChI is InChI=1S/C12H2F8.C11H25N/c13-4-2-1-3(6(14)7(4)15)5-8(16)10(18)12(20)11(19)9(5)17;1-4-7-8-11(5-2)9-10-12-6-3/h1-2H;11-12H,4-10H2,1-3H3. The molecule has 0 aliphatic heterocycles. The first-order valence-electron chi connectivity index (χ1n) is 10.5. The molecule has 0 heterocycles. The molecule has 0 bridgehead atoms. The SMILES string of the molecule is CCCCC(CC)CCNCC.Fc1ccc(-c2c(F)c(F)c(F)c(F)c2F)c(F)c1F. The van der Waals surface area contributed by atoms with E-state index in [0.717, 1.165) is 12.5 Å². The summed E-state index contributed by atoms with van der Waals surface area (Å²) < 4.78 is 105. The van der Waals surface area contributed by atoms with Crippen LogP contribution in [0.4, 0.5) is 35.1 Å². The van der Waals surface area contributed by atoms with Gasteiger partial charge in [0.2, 0.25) is 5.82 Å². The van der Waals surface area contributed by atoms with Gasteiger partial charge in [0, 0.05) is 5.56 Å². The summed E-state index contributed by atoms with van der Waals surface area (Å²) in [4.78, 5) is 0. The molecular weight excluding hydrogens is 442 g/mol. The molecule has 32 heavy (non-hydrogen) atoms. The third-order valence-electron chi connectivity index (χ3n) is 5.04. The predicted molar refractivity (Wildman–Crippen MR) is 108 cm³/mol. The third-order valence-corrected chi connectivity index (χ3v) is 5.04. The fourth-order valence-corrected chi connectivity index (χ4v) is 3.09. The van der Waals surface area contributed by atoms with Crippen LogP contribution < -0.4 is 5.32 Å². The molecule has 0 fully saturated rings. The zero-order valence-corrected chi connectivity index (χ0v) is 18.2. The van der Waals surface area contributed by atoms with Crippen LogP contribution in [0.5, 0.6) is 0 Å². The summed E-state index contributed by atoms with van der Waals surface area (Å²) in [5.74, 6) is -16.6. The number of rotatable bonds is 9. The van der Waals surface area contributed by atoms with Crippen LogP contribution >= 0.6 is 0 Å². The highest BCUT2D eigenvalue weighted by molar-refractivity contribution is 5.66. The Hall–Kier alpha value is -2.16. The zero-order chi connectivity index (χ0) is 24.4. The quantitative estimate of drug-likeness (QED) is 0.172. The Morgan fingerprint density at radius 3 is 1.75 bits per heavy atom. The van der Waals surface area contributed by atoms with E-state index in [0.29, 0.717) is 12.1 Å². The molecule has 0 radical (unpaired) electrons. The van der Waals surface area contributed by atoms with Crippen molar-refractivity contribution in [2.24, 2.45) is 5.92 Å². The minimum absolute atomic E-state index is 0.297. The van der Waals surface area contributed by atoms with Gasteiger partial charge in [-0.05, 0) is 37.6 Å². The molecule has 0 aliphatic rings. The van der Waals surface area contributed by atoms with Gasteiger partial charge in [-0.1, -0.05) is 46.5 Å². The van der Waals surface area contributed by atoms with E-state index in [9.17, 15) is 35.1 Å². The minimum atomic E-state index is -2.44. The van der Waals surface area contributed by atoms with Crippen LogP contribution in [0, 0.1) is 52.5 Å². The lowest BCUT2D eigenvalue weighted by Gasteiger charge is -2.13. The van der Waals surface area contributed by atoms with Gasteiger partial charge in [0.1, 0.15) is 0 Å². The molecule has 0 aromatic heterocycles. The van der Waals surface area contributed by atoms with E-state index < -0.39 is 57.7 Å². The van der Waals surface area contributed by atoms with Gasteiger partial charge in [0.05, 0.1) is 5.56 Å². The number of nitrogens with one attached hydrogen (secondary N) is 1. The molecule has 180 valence electrons. The Kier molecular flexibility index (Phi) is 11.7. The van der Waals surface area contributed by atoms with Gasteiger partial charge in [-0.25, -0.2) is 35.1 Å². The molecule has 2 rings (SSSR count). The van der Waals surface area contributed by atoms with E-state index in [2.05, 4.69) is 26.1 Å². The summed E-state index contributed by atoms with van der Waals surface area (Å²) in [6.45, 7) is 9.08. The maximum absolute atomic E-state index is 13.4. The van der Waals surface area contributed by atoms with Gasteiger partial charge in [-0.15, -0.1) is 0 Å². The second-order valence-corrected chi connectivity index (χ2v) is 7.23. The highest BCUT2D eigenvalue weighted by atomic mass is 19.2. The number of benzene rings is 2. The number of halogens is 8. The second kappa shape index (κ2) is 13.4. The van der Waals surface area contributed by atoms with Crippen molar-refractivity contribution in [1.82, 2.24) is 5.32 Å². The molecule has 2 aromatic rings. The molecule has 2 aromatic carbocycles. The highest BCUT2D eigenvalue weighted by Gasteiger charge is 2.29. The van der Waals surface area contributed by atoms with Crippen molar-refractivity contribution in [2.45, 2.75) is 52.9 Å². The lowest BCUT2D eigenvalue weighted by Crippen LogP contribution is -2.17. The van der Waals surface area contributed by atoms with E-state index in [1.807, 2.05) is 0 Å². The summed E-state index contributed by atoms with van der Waals surface area (Å²) in [6.07, 6.45) is 6.90. The molecule has 0 amide bonds. The molecule has 0 aliphatic carbocycles. The van der Waals surface area contributed by atoms with Crippen LogP contribution in [0.3, 0.4) is 0 Å². The summed E-state index contributed by atoms with van der Waals surface area (Å²) in [5.41, 5.74) is -2.95.